The number of hydrazine groups is 1. The summed E-state index contributed by atoms with van der Waals surface area (Å²) >= 11 is 0. The van der Waals surface area contributed by atoms with Crippen molar-refractivity contribution in [3.05, 3.63) is 29.8 Å². The molecule has 4 heteroatoms. The molecule has 0 aliphatic rings. The van der Waals surface area contributed by atoms with E-state index in [-0.39, 0.29) is 24.8 Å². The van der Waals surface area contributed by atoms with Gasteiger partial charge in [-0.2, -0.15) is 0 Å². The quantitative estimate of drug-likeness (QED) is 0.532. The van der Waals surface area contributed by atoms with Gasteiger partial charge in [-0.3, -0.25) is 5.84 Å². The van der Waals surface area contributed by atoms with Crippen molar-refractivity contribution >= 4 is 30.5 Å². The van der Waals surface area contributed by atoms with Crippen molar-refractivity contribution < 1.29 is 0 Å². The number of anilines is 1. The Kier molecular flexibility index (Phi) is 7.52. The lowest BCUT2D eigenvalue weighted by atomic mass is 10.2. The fraction of sp³-hybridized carbons (Fsp3) is 0.143. The van der Waals surface area contributed by atoms with Crippen LogP contribution in [-0.4, -0.2) is 0 Å². The molecule has 0 spiro atoms. The summed E-state index contributed by atoms with van der Waals surface area (Å²) in [5.41, 5.74) is 4.74. The van der Waals surface area contributed by atoms with E-state index in [9.17, 15) is 0 Å². The van der Waals surface area contributed by atoms with Crippen LogP contribution in [0.3, 0.4) is 0 Å². The molecule has 0 aliphatic carbocycles. The monoisotopic (exact) mass is 194 g/mol. The van der Waals surface area contributed by atoms with Gasteiger partial charge >= 0.3 is 0 Å². The molecule has 0 atom stereocenters. The third-order valence-electron chi connectivity index (χ3n) is 1.22. The highest BCUT2D eigenvalue weighted by atomic mass is 35.5. The summed E-state index contributed by atoms with van der Waals surface area (Å²) in [6.07, 6.45) is 0. The van der Waals surface area contributed by atoms with Gasteiger partial charge in [-0.05, 0) is 19.1 Å². The van der Waals surface area contributed by atoms with E-state index in [2.05, 4.69) is 5.43 Å². The van der Waals surface area contributed by atoms with Crippen molar-refractivity contribution in [1.29, 1.82) is 0 Å². The van der Waals surface area contributed by atoms with Gasteiger partial charge in [0, 0.05) is 5.69 Å². The Bertz CT molecular complexity index is 186. The number of rotatable bonds is 1. The average molecular weight is 195 g/mol. The molecule has 0 bridgehead atoms. The third kappa shape index (κ3) is 4.09. The fourth-order valence-corrected chi connectivity index (χ4v) is 0.650. The lowest BCUT2D eigenvalue weighted by Gasteiger charge is -1.97. The first-order valence-corrected chi connectivity index (χ1v) is 2.86. The Labute approximate surface area is 79.0 Å². The van der Waals surface area contributed by atoms with E-state index in [1.165, 1.54) is 5.56 Å². The molecule has 2 nitrogen and oxygen atoms in total. The fourth-order valence-electron chi connectivity index (χ4n) is 0.650. The molecule has 0 aliphatic heterocycles. The first-order valence-electron chi connectivity index (χ1n) is 2.86. The minimum atomic E-state index is 0. The largest absolute Gasteiger partial charge is 0.324 e. The van der Waals surface area contributed by atoms with E-state index < -0.39 is 0 Å². The molecule has 0 fully saturated rings. The smallest absolute Gasteiger partial charge is 0.0485 e. The van der Waals surface area contributed by atoms with E-state index in [1.54, 1.807) is 0 Å². The standard InChI is InChI=1S/C7H10N2.2ClH/c1-6-2-4-7(9-8)5-3-6;;/h2-5,9H,8H2,1H3;2*1H. The summed E-state index contributed by atoms with van der Waals surface area (Å²) in [7, 11) is 0. The molecule has 1 aromatic carbocycles. The maximum atomic E-state index is 5.15. The van der Waals surface area contributed by atoms with Crippen LogP contribution < -0.4 is 11.3 Å². The molecular formula is C7H12Cl2N2. The highest BCUT2D eigenvalue weighted by molar-refractivity contribution is 5.85. The van der Waals surface area contributed by atoms with Crippen LogP contribution in [0.2, 0.25) is 0 Å². The number of benzene rings is 1. The van der Waals surface area contributed by atoms with Crippen LogP contribution in [0.4, 0.5) is 5.69 Å². The molecular weight excluding hydrogens is 183 g/mol. The minimum absolute atomic E-state index is 0. The minimum Gasteiger partial charge on any atom is -0.324 e. The topological polar surface area (TPSA) is 38.0 Å². The number of nitrogens with two attached hydrogens (primary N) is 1. The maximum Gasteiger partial charge on any atom is 0.0485 e. The Morgan fingerprint density at radius 3 is 1.91 bits per heavy atom. The van der Waals surface area contributed by atoms with E-state index in [0.717, 1.165) is 5.69 Å². The molecule has 3 N–H and O–H groups in total. The lowest BCUT2D eigenvalue weighted by molar-refractivity contribution is 1.34. The van der Waals surface area contributed by atoms with Crippen LogP contribution in [0.1, 0.15) is 5.56 Å². The van der Waals surface area contributed by atoms with Crippen molar-refractivity contribution in [3.8, 4) is 0 Å². The van der Waals surface area contributed by atoms with Gasteiger partial charge < -0.3 is 5.43 Å². The number of hydrogen-bond donors (Lipinski definition) is 2. The van der Waals surface area contributed by atoms with Gasteiger partial charge in [0.05, 0.1) is 0 Å². The average Bonchev–Trinajstić information content (AvgIpc) is 1.90. The molecule has 1 aromatic rings. The Morgan fingerprint density at radius 2 is 1.55 bits per heavy atom. The molecule has 64 valence electrons. The SMILES string of the molecule is Cc1ccc(NN)cc1.Cl.Cl. The summed E-state index contributed by atoms with van der Waals surface area (Å²) in [6.45, 7) is 2.04. The van der Waals surface area contributed by atoms with Gasteiger partial charge in [0.15, 0.2) is 0 Å². The highest BCUT2D eigenvalue weighted by Gasteiger charge is 1.84. The third-order valence-corrected chi connectivity index (χ3v) is 1.22. The predicted molar refractivity (Wildman–Crippen MR) is 53.5 cm³/mol. The zero-order chi connectivity index (χ0) is 6.69. The number of aryl methyl sites for hydroxylation is 1. The summed E-state index contributed by atoms with van der Waals surface area (Å²) in [6, 6.07) is 7.90. The zero-order valence-corrected chi connectivity index (χ0v) is 7.84. The van der Waals surface area contributed by atoms with Crippen molar-refractivity contribution in [2.24, 2.45) is 5.84 Å². The Balaban J connectivity index is 0. The van der Waals surface area contributed by atoms with E-state index in [1.807, 2.05) is 31.2 Å². The first-order chi connectivity index (χ1) is 4.33. The van der Waals surface area contributed by atoms with E-state index >= 15 is 0 Å². The Morgan fingerprint density at radius 1 is 1.09 bits per heavy atom. The predicted octanol–water partition coefficient (Wildman–Crippen LogP) is 2.12. The van der Waals surface area contributed by atoms with Gasteiger partial charge in [-0.25, -0.2) is 0 Å². The second kappa shape index (κ2) is 6.28. The van der Waals surface area contributed by atoms with Gasteiger partial charge in [-0.1, -0.05) is 17.7 Å². The van der Waals surface area contributed by atoms with E-state index in [0.29, 0.717) is 0 Å². The van der Waals surface area contributed by atoms with E-state index in [4.69, 9.17) is 5.84 Å². The molecule has 0 unspecified atom stereocenters. The molecule has 0 amide bonds. The summed E-state index contributed by atoms with van der Waals surface area (Å²) < 4.78 is 0. The normalized spacial score (nSPS) is 7.45. The summed E-state index contributed by atoms with van der Waals surface area (Å²) in [4.78, 5) is 0. The summed E-state index contributed by atoms with van der Waals surface area (Å²) in [5, 5.41) is 0. The molecule has 0 heterocycles. The number of nitrogen functional groups attached to an aromatic ring is 1. The van der Waals surface area contributed by atoms with Crippen molar-refractivity contribution in [2.45, 2.75) is 6.92 Å². The molecule has 0 radical (unpaired) electrons. The van der Waals surface area contributed by atoms with Crippen molar-refractivity contribution in [2.75, 3.05) is 5.43 Å². The van der Waals surface area contributed by atoms with Crippen LogP contribution in [0.25, 0.3) is 0 Å². The number of hydrogen-bond acceptors (Lipinski definition) is 2. The molecule has 11 heavy (non-hydrogen) atoms. The lowest BCUT2D eigenvalue weighted by Crippen LogP contribution is -2.05. The molecule has 0 saturated carbocycles. The van der Waals surface area contributed by atoms with Crippen LogP contribution in [0.15, 0.2) is 24.3 Å². The maximum absolute atomic E-state index is 5.15. The zero-order valence-electron chi connectivity index (χ0n) is 6.20. The highest BCUT2D eigenvalue weighted by Crippen LogP contribution is 2.05. The second-order valence-electron chi connectivity index (χ2n) is 2.01. The van der Waals surface area contributed by atoms with Gasteiger partial charge in [-0.15, -0.1) is 24.8 Å². The van der Waals surface area contributed by atoms with Crippen LogP contribution in [0.5, 0.6) is 0 Å². The first kappa shape index (κ1) is 13.2. The van der Waals surface area contributed by atoms with Crippen molar-refractivity contribution in [3.63, 3.8) is 0 Å². The van der Waals surface area contributed by atoms with Gasteiger partial charge in [0.1, 0.15) is 0 Å². The molecule has 0 aromatic heterocycles. The summed E-state index contributed by atoms with van der Waals surface area (Å²) in [5.74, 6) is 5.15. The molecule has 1 rings (SSSR count). The van der Waals surface area contributed by atoms with Crippen LogP contribution in [-0.2, 0) is 0 Å². The van der Waals surface area contributed by atoms with Crippen molar-refractivity contribution in [1.82, 2.24) is 0 Å². The number of nitrogens with one attached hydrogen (secondary N) is 1. The van der Waals surface area contributed by atoms with Gasteiger partial charge in [0.25, 0.3) is 0 Å². The van der Waals surface area contributed by atoms with Crippen LogP contribution >= 0.6 is 24.8 Å². The molecule has 0 saturated heterocycles. The number of halogens is 2. The Hall–Kier alpha value is -0.440. The second-order valence-corrected chi connectivity index (χ2v) is 2.01. The van der Waals surface area contributed by atoms with Gasteiger partial charge in [0.2, 0.25) is 0 Å². The van der Waals surface area contributed by atoms with Crippen LogP contribution in [0, 0.1) is 6.92 Å².